The lowest BCUT2D eigenvalue weighted by molar-refractivity contribution is 0.0551. The molecule has 3 aromatic rings. The first kappa shape index (κ1) is 22.6. The number of halogens is 1. The van der Waals surface area contributed by atoms with Crippen LogP contribution in [0.5, 0.6) is 5.75 Å². The zero-order valence-electron chi connectivity index (χ0n) is 17.4. The highest BCUT2D eigenvalue weighted by molar-refractivity contribution is 7.90. The van der Waals surface area contributed by atoms with Crippen LogP contribution >= 0.6 is 0 Å². The van der Waals surface area contributed by atoms with Crippen molar-refractivity contribution in [2.24, 2.45) is 0 Å². The van der Waals surface area contributed by atoms with Gasteiger partial charge in [-0.05, 0) is 55.8 Å². The van der Waals surface area contributed by atoms with Crippen molar-refractivity contribution in [2.45, 2.75) is 30.8 Å². The maximum Gasteiger partial charge on any atom is 0.314 e. The van der Waals surface area contributed by atoms with E-state index in [4.69, 9.17) is 4.74 Å². The lowest BCUT2D eigenvalue weighted by atomic mass is 10.1. The second-order valence-corrected chi connectivity index (χ2v) is 9.80. The normalized spacial score (nSPS) is 12.0. The highest BCUT2D eigenvalue weighted by Crippen LogP contribution is 2.28. The van der Waals surface area contributed by atoms with Crippen LogP contribution in [0.1, 0.15) is 20.3 Å². The first-order valence-corrected chi connectivity index (χ1v) is 11.4. The molecule has 0 radical (unpaired) electrons. The first-order valence-electron chi connectivity index (χ1n) is 9.50. The lowest BCUT2D eigenvalue weighted by Gasteiger charge is -2.18. The number of sulfone groups is 1. The van der Waals surface area contributed by atoms with E-state index in [2.05, 4.69) is 5.10 Å². The minimum absolute atomic E-state index is 0.00400. The summed E-state index contributed by atoms with van der Waals surface area (Å²) in [6.07, 6.45) is 2.82. The van der Waals surface area contributed by atoms with Crippen LogP contribution in [0.15, 0.2) is 64.4 Å². The molecule has 0 unspecified atom stereocenters. The van der Waals surface area contributed by atoms with Gasteiger partial charge in [0.15, 0.2) is 15.6 Å². The number of aliphatic hydroxyl groups is 1. The smallest absolute Gasteiger partial charge is 0.314 e. The summed E-state index contributed by atoms with van der Waals surface area (Å²) >= 11 is 0. The number of ether oxygens (including phenoxy) is 1. The van der Waals surface area contributed by atoms with E-state index >= 15 is 0 Å². The highest BCUT2D eigenvalue weighted by atomic mass is 32.2. The molecule has 0 bridgehead atoms. The zero-order valence-corrected chi connectivity index (χ0v) is 18.2. The first-order chi connectivity index (χ1) is 14.5. The van der Waals surface area contributed by atoms with Gasteiger partial charge >= 0.3 is 5.56 Å². The number of hydrogen-bond acceptors (Lipinski definition) is 6. The molecule has 0 amide bonds. The third-order valence-corrected chi connectivity index (χ3v) is 5.69. The van der Waals surface area contributed by atoms with Crippen molar-refractivity contribution in [3.63, 3.8) is 0 Å². The predicted molar refractivity (Wildman–Crippen MR) is 115 cm³/mol. The number of hydrogen-bond donors (Lipinski definition) is 1. The third kappa shape index (κ3) is 5.56. The fraction of sp³-hybridized carbons (Fsp3) is 0.273. The maximum atomic E-state index is 13.3. The molecule has 0 aliphatic rings. The number of benzene rings is 2. The Hall–Kier alpha value is -3.04. The molecule has 3 rings (SSSR count). The summed E-state index contributed by atoms with van der Waals surface area (Å²) in [5.74, 6) is -0.447. The quantitative estimate of drug-likeness (QED) is 0.599. The molecule has 7 nitrogen and oxygen atoms in total. The monoisotopic (exact) mass is 446 g/mol. The van der Waals surface area contributed by atoms with Crippen molar-refractivity contribution < 1.29 is 22.7 Å². The second-order valence-electron chi connectivity index (χ2n) is 7.79. The molecule has 31 heavy (non-hydrogen) atoms. The van der Waals surface area contributed by atoms with Crippen molar-refractivity contribution in [3.8, 4) is 22.6 Å². The van der Waals surface area contributed by atoms with E-state index in [9.17, 15) is 22.7 Å². The van der Waals surface area contributed by atoms with Gasteiger partial charge in [0, 0.05) is 18.2 Å². The molecule has 2 aromatic carbocycles. The van der Waals surface area contributed by atoms with E-state index < -0.39 is 26.8 Å². The van der Waals surface area contributed by atoms with Gasteiger partial charge in [-0.2, -0.15) is 9.78 Å². The van der Waals surface area contributed by atoms with Crippen LogP contribution in [0.3, 0.4) is 0 Å². The average Bonchev–Trinajstić information content (AvgIpc) is 2.68. The fourth-order valence-corrected chi connectivity index (χ4v) is 3.46. The molecule has 0 saturated heterocycles. The summed E-state index contributed by atoms with van der Waals surface area (Å²) in [5.41, 5.74) is -0.272. The van der Waals surface area contributed by atoms with E-state index in [1.807, 2.05) is 0 Å². The van der Waals surface area contributed by atoms with E-state index in [0.717, 1.165) is 10.9 Å². The number of nitrogens with zero attached hydrogens (tertiary/aromatic N) is 2. The van der Waals surface area contributed by atoms with Crippen molar-refractivity contribution in [1.82, 2.24) is 9.78 Å². The van der Waals surface area contributed by atoms with Gasteiger partial charge in [-0.15, -0.1) is 0 Å². The van der Waals surface area contributed by atoms with E-state index in [1.165, 1.54) is 42.6 Å². The van der Waals surface area contributed by atoms with E-state index in [1.54, 1.807) is 26.0 Å². The van der Waals surface area contributed by atoms with Gasteiger partial charge in [0.25, 0.3) is 0 Å². The lowest BCUT2D eigenvalue weighted by Crippen LogP contribution is -2.26. The molecule has 1 heterocycles. The predicted octanol–water partition coefficient (Wildman–Crippen LogP) is 2.98. The van der Waals surface area contributed by atoms with Gasteiger partial charge < -0.3 is 9.84 Å². The van der Waals surface area contributed by atoms with Gasteiger partial charge in [-0.3, -0.25) is 4.79 Å². The Balaban J connectivity index is 2.08. The summed E-state index contributed by atoms with van der Waals surface area (Å²) in [7, 11) is -3.37. The highest BCUT2D eigenvalue weighted by Gasteiger charge is 2.19. The molecular weight excluding hydrogens is 423 g/mol. The molecule has 164 valence electrons. The van der Waals surface area contributed by atoms with Crippen LogP contribution in [0.2, 0.25) is 0 Å². The maximum absolute atomic E-state index is 13.3. The van der Waals surface area contributed by atoms with E-state index in [0.29, 0.717) is 16.8 Å². The minimum Gasteiger partial charge on any atom is -0.487 e. The van der Waals surface area contributed by atoms with Crippen LogP contribution in [-0.2, 0) is 9.84 Å². The van der Waals surface area contributed by atoms with Crippen LogP contribution in [-0.4, -0.2) is 41.8 Å². The molecule has 0 aliphatic heterocycles. The molecule has 0 fully saturated rings. The Morgan fingerprint density at radius 2 is 1.71 bits per heavy atom. The summed E-state index contributed by atoms with van der Waals surface area (Å²) in [5, 5.41) is 14.1. The van der Waals surface area contributed by atoms with Gasteiger partial charge in [0.2, 0.25) is 0 Å². The summed E-state index contributed by atoms with van der Waals surface area (Å²) in [6, 6.07) is 11.3. The minimum atomic E-state index is -3.37. The van der Waals surface area contributed by atoms with Crippen LogP contribution in [0, 0.1) is 5.82 Å². The van der Waals surface area contributed by atoms with Crippen LogP contribution in [0.4, 0.5) is 4.39 Å². The molecule has 0 atom stereocenters. The second kappa shape index (κ2) is 8.60. The molecule has 1 N–H and O–H groups in total. The molecular formula is C22H23FN2O5S. The van der Waals surface area contributed by atoms with E-state index in [-0.39, 0.29) is 23.7 Å². The van der Waals surface area contributed by atoms with Gasteiger partial charge in [0.1, 0.15) is 5.82 Å². The number of rotatable bonds is 7. The largest absolute Gasteiger partial charge is 0.487 e. The Bertz CT molecular complexity index is 1230. The van der Waals surface area contributed by atoms with Crippen molar-refractivity contribution in [1.29, 1.82) is 0 Å². The van der Waals surface area contributed by atoms with Crippen molar-refractivity contribution >= 4 is 9.84 Å². The molecule has 0 spiro atoms. The SMILES string of the molecule is CC(C)(O)CCOc1c(-c2ccc(S(C)(=O)=O)cc2)cnn(-c2ccc(F)cc2)c1=O. The third-order valence-electron chi connectivity index (χ3n) is 4.56. The Kier molecular flexibility index (Phi) is 6.28. The molecule has 9 heteroatoms. The van der Waals surface area contributed by atoms with Crippen LogP contribution in [0.25, 0.3) is 16.8 Å². The van der Waals surface area contributed by atoms with Crippen LogP contribution < -0.4 is 10.3 Å². The summed E-state index contributed by atoms with van der Waals surface area (Å²) in [4.78, 5) is 13.3. The molecule has 0 aliphatic carbocycles. The van der Waals surface area contributed by atoms with Gasteiger partial charge in [-0.1, -0.05) is 12.1 Å². The Morgan fingerprint density at radius 1 is 1.10 bits per heavy atom. The zero-order chi connectivity index (χ0) is 22.8. The standard InChI is InChI=1S/C22H23FN2O5S/c1-22(2,27)12-13-30-20-19(15-4-10-18(11-5-15)31(3,28)29)14-24-25(21(20)26)17-8-6-16(23)7-9-17/h4-11,14,27H,12-13H2,1-3H3. The van der Waals surface area contributed by atoms with Gasteiger partial charge in [0.05, 0.1) is 29.0 Å². The van der Waals surface area contributed by atoms with Gasteiger partial charge in [-0.25, -0.2) is 12.8 Å². The number of aromatic nitrogens is 2. The Labute approximate surface area is 179 Å². The molecule has 0 saturated carbocycles. The Morgan fingerprint density at radius 3 is 2.26 bits per heavy atom. The molecule has 1 aromatic heterocycles. The van der Waals surface area contributed by atoms with Crippen molar-refractivity contribution in [3.05, 3.63) is 70.9 Å². The fourth-order valence-electron chi connectivity index (χ4n) is 2.83. The summed E-state index contributed by atoms with van der Waals surface area (Å²) < 4.78 is 43.6. The topological polar surface area (TPSA) is 98.5 Å². The summed E-state index contributed by atoms with van der Waals surface area (Å²) in [6.45, 7) is 3.33. The van der Waals surface area contributed by atoms with Crippen molar-refractivity contribution in [2.75, 3.05) is 12.9 Å². The average molecular weight is 447 g/mol.